The molecule has 2 aromatic heterocycles. The lowest BCUT2D eigenvalue weighted by atomic mass is 9.81. The van der Waals surface area contributed by atoms with Gasteiger partial charge in [-0.25, -0.2) is 4.98 Å². The third kappa shape index (κ3) is 3.47. The molecule has 0 bridgehead atoms. The molecule has 0 unspecified atom stereocenters. The summed E-state index contributed by atoms with van der Waals surface area (Å²) < 4.78 is 4.30. The molecule has 8 heteroatoms. The molecule has 3 aliphatic rings. The lowest BCUT2D eigenvalue weighted by molar-refractivity contribution is 0.0165. The van der Waals surface area contributed by atoms with Gasteiger partial charge in [0.15, 0.2) is 0 Å². The second-order valence-electron chi connectivity index (χ2n) is 9.10. The number of nitrogens with one attached hydrogen (secondary N) is 1. The molecule has 2 aromatic rings. The molecule has 152 valence electrons. The van der Waals surface area contributed by atoms with Crippen molar-refractivity contribution in [3.05, 3.63) is 23.5 Å². The third-order valence-corrected chi connectivity index (χ3v) is 7.57. The summed E-state index contributed by atoms with van der Waals surface area (Å²) in [6, 6.07) is 4.47. The zero-order valence-corrected chi connectivity index (χ0v) is 17.9. The van der Waals surface area contributed by atoms with Crippen LogP contribution in [0.5, 0.6) is 0 Å². The van der Waals surface area contributed by atoms with E-state index in [0.717, 1.165) is 41.7 Å². The van der Waals surface area contributed by atoms with Gasteiger partial charge in [0, 0.05) is 31.4 Å². The van der Waals surface area contributed by atoms with Gasteiger partial charge in [-0.15, -0.1) is 0 Å². The molecule has 3 fully saturated rings. The van der Waals surface area contributed by atoms with Crippen molar-refractivity contribution in [3.8, 4) is 6.07 Å². The SMILES string of the molecule is Cc1cc(Nc2ncc(C)c(N3CC(CC#N)(N4CCCC5(CC5)C4)C3)n2)sn1. The zero-order valence-electron chi connectivity index (χ0n) is 17.1. The predicted octanol–water partition coefficient (Wildman–Crippen LogP) is 3.64. The van der Waals surface area contributed by atoms with E-state index in [4.69, 9.17) is 4.98 Å². The van der Waals surface area contributed by atoms with E-state index in [0.29, 0.717) is 17.8 Å². The molecule has 2 aliphatic heterocycles. The van der Waals surface area contributed by atoms with Crippen molar-refractivity contribution in [2.45, 2.75) is 51.5 Å². The highest BCUT2D eigenvalue weighted by Crippen LogP contribution is 2.54. The van der Waals surface area contributed by atoms with Crippen LogP contribution in [0.15, 0.2) is 12.3 Å². The molecular formula is C21H27N7S. The lowest BCUT2D eigenvalue weighted by Crippen LogP contribution is -2.72. The monoisotopic (exact) mass is 409 g/mol. The van der Waals surface area contributed by atoms with Gasteiger partial charge < -0.3 is 10.2 Å². The summed E-state index contributed by atoms with van der Waals surface area (Å²) in [7, 11) is 0. The van der Waals surface area contributed by atoms with Crippen molar-refractivity contribution in [2.75, 3.05) is 36.4 Å². The van der Waals surface area contributed by atoms with E-state index < -0.39 is 0 Å². The van der Waals surface area contributed by atoms with E-state index in [1.54, 1.807) is 0 Å². The van der Waals surface area contributed by atoms with Crippen LogP contribution in [0, 0.1) is 30.6 Å². The summed E-state index contributed by atoms with van der Waals surface area (Å²) in [5.41, 5.74) is 2.60. The Labute approximate surface area is 175 Å². The molecule has 4 heterocycles. The summed E-state index contributed by atoms with van der Waals surface area (Å²) in [6.07, 6.45) is 7.84. The first kappa shape index (κ1) is 18.8. The van der Waals surface area contributed by atoms with Gasteiger partial charge in [0.2, 0.25) is 5.95 Å². The van der Waals surface area contributed by atoms with E-state index in [1.165, 1.54) is 43.8 Å². The number of nitriles is 1. The van der Waals surface area contributed by atoms with E-state index in [2.05, 4.69) is 37.5 Å². The van der Waals surface area contributed by atoms with Crippen LogP contribution in [0.4, 0.5) is 16.8 Å². The fourth-order valence-corrected chi connectivity index (χ4v) is 5.58. The predicted molar refractivity (Wildman–Crippen MR) is 115 cm³/mol. The number of hydrogen-bond acceptors (Lipinski definition) is 8. The standard InChI is InChI=1S/C21H27N7S/c1-15-11-23-19(24-17-10-16(2)26-29-17)25-18(15)27-13-21(14-27,7-8-22)28-9-3-4-20(12-28)5-6-20/h10-11H,3-7,9,12-14H2,1-2H3,(H,23,24,25). The van der Waals surface area contributed by atoms with Gasteiger partial charge in [-0.1, -0.05) is 0 Å². The average molecular weight is 410 g/mol. The molecule has 0 aromatic carbocycles. The number of aromatic nitrogens is 3. The summed E-state index contributed by atoms with van der Waals surface area (Å²) in [6.45, 7) is 8.06. The molecule has 5 rings (SSSR count). The number of anilines is 3. The summed E-state index contributed by atoms with van der Waals surface area (Å²) >= 11 is 1.42. The van der Waals surface area contributed by atoms with Gasteiger partial charge in [0.25, 0.3) is 0 Å². The van der Waals surface area contributed by atoms with Crippen molar-refractivity contribution in [3.63, 3.8) is 0 Å². The first-order valence-corrected chi connectivity index (χ1v) is 11.2. The topological polar surface area (TPSA) is 81.0 Å². The van der Waals surface area contributed by atoms with Crippen LogP contribution < -0.4 is 10.2 Å². The Morgan fingerprint density at radius 2 is 2.07 bits per heavy atom. The summed E-state index contributed by atoms with van der Waals surface area (Å²) in [5, 5.41) is 13.7. The van der Waals surface area contributed by atoms with Crippen molar-refractivity contribution in [1.82, 2.24) is 19.2 Å². The largest absolute Gasteiger partial charge is 0.352 e. The first-order valence-electron chi connectivity index (χ1n) is 10.4. The fraction of sp³-hybridized carbons (Fsp3) is 0.619. The van der Waals surface area contributed by atoms with Crippen LogP contribution in [-0.4, -0.2) is 51.0 Å². The normalized spacial score (nSPS) is 22.2. The molecule has 1 saturated carbocycles. The highest BCUT2D eigenvalue weighted by molar-refractivity contribution is 7.10. The molecule has 2 saturated heterocycles. The van der Waals surface area contributed by atoms with Crippen LogP contribution in [-0.2, 0) is 0 Å². The van der Waals surface area contributed by atoms with Crippen molar-refractivity contribution in [1.29, 1.82) is 5.26 Å². The number of aryl methyl sites for hydroxylation is 2. The highest BCUT2D eigenvalue weighted by atomic mass is 32.1. The van der Waals surface area contributed by atoms with Crippen LogP contribution in [0.1, 0.15) is 43.4 Å². The van der Waals surface area contributed by atoms with Gasteiger partial charge in [-0.2, -0.15) is 14.6 Å². The molecule has 1 spiro atoms. The maximum atomic E-state index is 9.53. The van der Waals surface area contributed by atoms with Crippen LogP contribution in [0.3, 0.4) is 0 Å². The van der Waals surface area contributed by atoms with Gasteiger partial charge in [-0.3, -0.25) is 4.90 Å². The maximum absolute atomic E-state index is 9.53. The second kappa shape index (κ2) is 6.92. The molecular weight excluding hydrogens is 382 g/mol. The fourth-order valence-electron chi connectivity index (χ4n) is 4.93. The Hall–Kier alpha value is -2.24. The Kier molecular flexibility index (Phi) is 4.48. The average Bonchev–Trinajstić information content (AvgIpc) is 3.29. The summed E-state index contributed by atoms with van der Waals surface area (Å²) in [5.74, 6) is 1.57. The molecule has 1 N–H and O–H groups in total. The van der Waals surface area contributed by atoms with Gasteiger partial charge in [0.1, 0.15) is 10.8 Å². The maximum Gasteiger partial charge on any atom is 0.229 e. The molecule has 0 atom stereocenters. The number of nitrogens with zero attached hydrogens (tertiary/aromatic N) is 6. The van der Waals surface area contributed by atoms with Crippen molar-refractivity contribution < 1.29 is 0 Å². The quantitative estimate of drug-likeness (QED) is 0.807. The van der Waals surface area contributed by atoms with E-state index >= 15 is 0 Å². The summed E-state index contributed by atoms with van der Waals surface area (Å²) in [4.78, 5) is 14.2. The van der Waals surface area contributed by atoms with Gasteiger partial charge >= 0.3 is 0 Å². The van der Waals surface area contributed by atoms with Crippen LogP contribution >= 0.6 is 11.5 Å². The minimum absolute atomic E-state index is 0.0233. The second-order valence-corrected chi connectivity index (χ2v) is 9.90. The zero-order chi connectivity index (χ0) is 20.1. The van der Waals surface area contributed by atoms with E-state index in [9.17, 15) is 5.26 Å². The van der Waals surface area contributed by atoms with Crippen LogP contribution in [0.2, 0.25) is 0 Å². The van der Waals surface area contributed by atoms with E-state index in [-0.39, 0.29) is 5.54 Å². The van der Waals surface area contributed by atoms with Crippen LogP contribution in [0.25, 0.3) is 0 Å². The Bertz CT molecular complexity index is 952. The highest BCUT2D eigenvalue weighted by Gasteiger charge is 2.54. The Morgan fingerprint density at radius 3 is 2.76 bits per heavy atom. The Balaban J connectivity index is 1.33. The van der Waals surface area contributed by atoms with Gasteiger partial charge in [-0.05, 0) is 69.1 Å². The van der Waals surface area contributed by atoms with E-state index in [1.807, 2.05) is 19.2 Å². The van der Waals surface area contributed by atoms with Gasteiger partial charge in [0.05, 0.1) is 23.7 Å². The number of likely N-dealkylation sites (tertiary alicyclic amines) is 1. The minimum atomic E-state index is -0.0233. The first-order chi connectivity index (χ1) is 14.0. The van der Waals surface area contributed by atoms with Crippen molar-refractivity contribution >= 4 is 28.3 Å². The molecule has 29 heavy (non-hydrogen) atoms. The minimum Gasteiger partial charge on any atom is -0.352 e. The molecule has 1 aliphatic carbocycles. The smallest absolute Gasteiger partial charge is 0.229 e. The molecule has 7 nitrogen and oxygen atoms in total. The third-order valence-electron chi connectivity index (χ3n) is 6.78. The molecule has 0 radical (unpaired) electrons. The lowest BCUT2D eigenvalue weighted by Gasteiger charge is -2.57. The number of piperidine rings is 1. The number of hydrogen-bond donors (Lipinski definition) is 1. The number of rotatable bonds is 5. The molecule has 0 amide bonds. The Morgan fingerprint density at radius 1 is 1.24 bits per heavy atom. The van der Waals surface area contributed by atoms with Crippen molar-refractivity contribution in [2.24, 2.45) is 5.41 Å².